The summed E-state index contributed by atoms with van der Waals surface area (Å²) in [5.74, 6) is 0.432. The molecule has 1 fully saturated rings. The van der Waals surface area contributed by atoms with Crippen LogP contribution in [0.3, 0.4) is 0 Å². The third kappa shape index (κ3) is 3.35. The molecule has 1 aliphatic rings. The van der Waals surface area contributed by atoms with Crippen LogP contribution < -0.4 is 11.1 Å². The van der Waals surface area contributed by atoms with E-state index in [4.69, 9.17) is 5.73 Å². The summed E-state index contributed by atoms with van der Waals surface area (Å²) in [7, 11) is 2.08. The smallest absolute Gasteiger partial charge is 0.265 e. The number of nitrogens with one attached hydrogen (secondary N) is 1. The van der Waals surface area contributed by atoms with Crippen molar-refractivity contribution in [2.24, 2.45) is 5.92 Å². The van der Waals surface area contributed by atoms with Crippen molar-refractivity contribution in [3.05, 3.63) is 23.8 Å². The second-order valence-electron chi connectivity index (χ2n) is 5.43. The van der Waals surface area contributed by atoms with Gasteiger partial charge in [0.15, 0.2) is 0 Å². The Bertz CT molecular complexity index is 437. The number of nitrogens with two attached hydrogens (primary N) is 1. The van der Waals surface area contributed by atoms with Gasteiger partial charge in [-0.3, -0.25) is 0 Å². The molecule has 0 saturated carbocycles. The van der Waals surface area contributed by atoms with E-state index in [-0.39, 0.29) is 11.6 Å². The predicted octanol–water partition coefficient (Wildman–Crippen LogP) is 2.96. The minimum Gasteiger partial charge on any atom is -0.399 e. The van der Waals surface area contributed by atoms with Gasteiger partial charge in [-0.1, -0.05) is 6.92 Å². The van der Waals surface area contributed by atoms with Crippen LogP contribution in [0.1, 0.15) is 25.3 Å². The van der Waals surface area contributed by atoms with Crippen LogP contribution in [0.2, 0.25) is 0 Å². The van der Waals surface area contributed by atoms with Gasteiger partial charge in [0, 0.05) is 29.5 Å². The summed E-state index contributed by atoms with van der Waals surface area (Å²) in [4.78, 5) is 2.26. The van der Waals surface area contributed by atoms with E-state index in [1.54, 1.807) is 12.1 Å². The Morgan fingerprint density at radius 2 is 2.16 bits per heavy atom. The fourth-order valence-electron chi connectivity index (χ4n) is 2.66. The van der Waals surface area contributed by atoms with Gasteiger partial charge >= 0.3 is 0 Å². The molecule has 1 saturated heterocycles. The molecule has 1 aromatic rings. The lowest BCUT2D eigenvalue weighted by atomic mass is 9.93. The van der Waals surface area contributed by atoms with Gasteiger partial charge in [0.25, 0.3) is 6.43 Å². The average molecular weight is 269 g/mol. The van der Waals surface area contributed by atoms with Gasteiger partial charge in [0.1, 0.15) is 0 Å². The number of likely N-dealkylation sites (tertiary alicyclic amines) is 1. The Morgan fingerprint density at radius 3 is 2.79 bits per heavy atom. The van der Waals surface area contributed by atoms with Crippen molar-refractivity contribution < 1.29 is 8.78 Å². The molecule has 0 aromatic heterocycles. The van der Waals surface area contributed by atoms with E-state index in [0.717, 1.165) is 19.5 Å². The maximum atomic E-state index is 13.0. The van der Waals surface area contributed by atoms with E-state index in [2.05, 4.69) is 24.2 Å². The Morgan fingerprint density at radius 1 is 1.42 bits per heavy atom. The Balaban J connectivity index is 2.14. The highest BCUT2D eigenvalue weighted by Crippen LogP contribution is 2.31. The molecule has 1 aromatic carbocycles. The first-order valence-corrected chi connectivity index (χ1v) is 6.60. The fourth-order valence-corrected chi connectivity index (χ4v) is 2.66. The summed E-state index contributed by atoms with van der Waals surface area (Å²) >= 11 is 0. The quantitative estimate of drug-likeness (QED) is 0.829. The van der Waals surface area contributed by atoms with Crippen molar-refractivity contribution in [2.45, 2.75) is 25.8 Å². The molecule has 0 amide bonds. The molecule has 1 heterocycles. The van der Waals surface area contributed by atoms with Crippen molar-refractivity contribution in [2.75, 3.05) is 31.2 Å². The van der Waals surface area contributed by atoms with Gasteiger partial charge < -0.3 is 16.0 Å². The molecule has 5 heteroatoms. The lowest BCUT2D eigenvalue weighted by Crippen LogP contribution is -2.43. The first-order valence-electron chi connectivity index (χ1n) is 6.60. The number of nitrogen functional groups attached to an aromatic ring is 1. The van der Waals surface area contributed by atoms with E-state index in [0.29, 0.717) is 17.3 Å². The normalized spacial score (nSPS) is 24.7. The lowest BCUT2D eigenvalue weighted by Gasteiger charge is -2.36. The summed E-state index contributed by atoms with van der Waals surface area (Å²) in [5.41, 5.74) is 6.45. The van der Waals surface area contributed by atoms with Crippen LogP contribution in [-0.4, -0.2) is 31.1 Å². The molecule has 106 valence electrons. The maximum Gasteiger partial charge on any atom is 0.265 e. The number of nitrogens with zero attached hydrogens (tertiary/aromatic N) is 1. The van der Waals surface area contributed by atoms with E-state index < -0.39 is 6.43 Å². The van der Waals surface area contributed by atoms with Crippen molar-refractivity contribution in [1.82, 2.24) is 4.90 Å². The standard InChI is InChI=1S/C14H21F2N3/c1-9-8-19(2)6-5-12(9)18-13-4-3-10(17)7-11(13)14(15)16/h3-4,7,9,12,14,18H,5-6,8,17H2,1-2H3. The molecule has 0 spiro atoms. The maximum absolute atomic E-state index is 13.0. The zero-order valence-corrected chi connectivity index (χ0v) is 11.4. The van der Waals surface area contributed by atoms with Crippen LogP contribution in [0.5, 0.6) is 0 Å². The summed E-state index contributed by atoms with van der Waals surface area (Å²) in [5, 5.41) is 3.27. The van der Waals surface area contributed by atoms with Crippen LogP contribution in [-0.2, 0) is 0 Å². The van der Waals surface area contributed by atoms with E-state index >= 15 is 0 Å². The number of alkyl halides is 2. The number of piperidine rings is 1. The Labute approximate surface area is 112 Å². The van der Waals surface area contributed by atoms with Crippen LogP contribution in [0, 0.1) is 5.92 Å². The highest BCUT2D eigenvalue weighted by Gasteiger charge is 2.25. The monoisotopic (exact) mass is 269 g/mol. The number of benzene rings is 1. The second kappa shape index (κ2) is 5.74. The van der Waals surface area contributed by atoms with E-state index in [9.17, 15) is 8.78 Å². The van der Waals surface area contributed by atoms with Gasteiger partial charge in [0.05, 0.1) is 0 Å². The molecule has 0 aliphatic carbocycles. The predicted molar refractivity (Wildman–Crippen MR) is 74.5 cm³/mol. The van der Waals surface area contributed by atoms with Crippen LogP contribution in [0.25, 0.3) is 0 Å². The minimum absolute atomic E-state index is 0.00821. The van der Waals surface area contributed by atoms with E-state index in [1.807, 2.05) is 0 Å². The molecule has 0 bridgehead atoms. The first kappa shape index (κ1) is 14.1. The average Bonchev–Trinajstić information content (AvgIpc) is 2.34. The highest BCUT2D eigenvalue weighted by atomic mass is 19.3. The third-order valence-electron chi connectivity index (χ3n) is 3.76. The van der Waals surface area contributed by atoms with E-state index in [1.165, 1.54) is 6.07 Å². The minimum atomic E-state index is -2.51. The Hall–Kier alpha value is -1.36. The van der Waals surface area contributed by atoms with Gasteiger partial charge in [-0.15, -0.1) is 0 Å². The molecule has 2 rings (SSSR count). The largest absolute Gasteiger partial charge is 0.399 e. The molecule has 1 aliphatic heterocycles. The second-order valence-corrected chi connectivity index (χ2v) is 5.43. The third-order valence-corrected chi connectivity index (χ3v) is 3.76. The van der Waals surface area contributed by atoms with Crippen molar-refractivity contribution in [3.8, 4) is 0 Å². The lowest BCUT2D eigenvalue weighted by molar-refractivity contribution is 0.152. The number of halogens is 2. The molecule has 2 unspecified atom stereocenters. The summed E-state index contributed by atoms with van der Waals surface area (Å²) in [6.07, 6.45) is -1.54. The Kier molecular flexibility index (Phi) is 4.24. The fraction of sp³-hybridized carbons (Fsp3) is 0.571. The molecule has 3 nitrogen and oxygen atoms in total. The highest BCUT2D eigenvalue weighted by molar-refractivity contribution is 5.59. The van der Waals surface area contributed by atoms with Crippen molar-refractivity contribution in [3.63, 3.8) is 0 Å². The molecular weight excluding hydrogens is 248 g/mol. The molecular formula is C14H21F2N3. The van der Waals surface area contributed by atoms with Gasteiger partial charge in [-0.2, -0.15) is 0 Å². The topological polar surface area (TPSA) is 41.3 Å². The summed E-state index contributed by atoms with van der Waals surface area (Å²) in [6.45, 7) is 4.12. The SMILES string of the molecule is CC1CN(C)CCC1Nc1ccc(N)cc1C(F)F. The summed E-state index contributed by atoms with van der Waals surface area (Å²) in [6, 6.07) is 4.90. The van der Waals surface area contributed by atoms with Crippen LogP contribution in [0.15, 0.2) is 18.2 Å². The number of hydrogen-bond acceptors (Lipinski definition) is 3. The van der Waals surface area contributed by atoms with Crippen LogP contribution in [0.4, 0.5) is 20.2 Å². The first-order chi connectivity index (χ1) is 8.97. The molecule has 2 atom stereocenters. The number of rotatable bonds is 3. The van der Waals surface area contributed by atoms with Gasteiger partial charge in [0.2, 0.25) is 0 Å². The summed E-state index contributed by atoms with van der Waals surface area (Å²) < 4.78 is 26.0. The molecule has 0 radical (unpaired) electrons. The molecule has 3 N–H and O–H groups in total. The van der Waals surface area contributed by atoms with Gasteiger partial charge in [-0.25, -0.2) is 8.78 Å². The van der Waals surface area contributed by atoms with Crippen molar-refractivity contribution >= 4 is 11.4 Å². The van der Waals surface area contributed by atoms with Crippen molar-refractivity contribution in [1.29, 1.82) is 0 Å². The number of anilines is 2. The van der Waals surface area contributed by atoms with Gasteiger partial charge in [-0.05, 0) is 44.1 Å². The zero-order valence-electron chi connectivity index (χ0n) is 11.4. The molecule has 19 heavy (non-hydrogen) atoms. The zero-order chi connectivity index (χ0) is 14.0. The van der Waals surface area contributed by atoms with Crippen LogP contribution >= 0.6 is 0 Å². The number of hydrogen-bond donors (Lipinski definition) is 2.